The van der Waals surface area contributed by atoms with Crippen molar-refractivity contribution in [3.8, 4) is 5.75 Å². The number of anilines is 1. The van der Waals surface area contributed by atoms with Crippen molar-refractivity contribution in [3.05, 3.63) is 69.0 Å². The van der Waals surface area contributed by atoms with E-state index in [0.717, 1.165) is 0 Å². The Bertz CT molecular complexity index is 1170. The van der Waals surface area contributed by atoms with Crippen LogP contribution < -0.4 is 15.5 Å². The van der Waals surface area contributed by atoms with Gasteiger partial charge >= 0.3 is 0 Å². The Morgan fingerprint density at radius 2 is 2.04 bits per heavy atom. The molecule has 0 fully saturated rings. The van der Waals surface area contributed by atoms with Crippen molar-refractivity contribution < 1.29 is 14.3 Å². The molecule has 4 rings (SSSR count). The van der Waals surface area contributed by atoms with Crippen LogP contribution in [0.1, 0.15) is 27.6 Å². The molecule has 6 nitrogen and oxygen atoms in total. The highest BCUT2D eigenvalue weighted by atomic mass is 35.5. The molecule has 7 heteroatoms. The Hall–Kier alpha value is -3.12. The minimum atomic E-state index is -0.556. The second kappa shape index (κ2) is 6.55. The maximum Gasteiger partial charge on any atom is 0.261 e. The fourth-order valence-electron chi connectivity index (χ4n) is 3.19. The number of pyridine rings is 1. The number of halogens is 1. The summed E-state index contributed by atoms with van der Waals surface area (Å²) >= 11 is 6.24. The number of Topliss-reactive ketones (excluding diaryl/α,β-unsaturated/α-hetero) is 1. The third-order valence-corrected chi connectivity index (χ3v) is 4.81. The fraction of sp³-hybridized carbons (Fsp3) is 0.150. The summed E-state index contributed by atoms with van der Waals surface area (Å²) in [5.74, 6) is -0.0983. The number of benzene rings is 2. The second-order valence-corrected chi connectivity index (χ2v) is 6.68. The third-order valence-electron chi connectivity index (χ3n) is 4.50. The molecule has 27 heavy (non-hydrogen) atoms. The first-order chi connectivity index (χ1) is 13.0. The lowest BCUT2D eigenvalue weighted by Gasteiger charge is -2.22. The molecule has 0 atom stereocenters. The smallest absolute Gasteiger partial charge is 0.261 e. The molecule has 136 valence electrons. The molecule has 1 amide bonds. The van der Waals surface area contributed by atoms with Gasteiger partial charge in [0.2, 0.25) is 5.43 Å². The van der Waals surface area contributed by atoms with E-state index in [1.165, 1.54) is 13.1 Å². The highest BCUT2D eigenvalue weighted by molar-refractivity contribution is 6.35. The van der Waals surface area contributed by atoms with Crippen molar-refractivity contribution in [1.82, 2.24) is 4.57 Å². The molecule has 0 saturated heterocycles. The summed E-state index contributed by atoms with van der Waals surface area (Å²) in [5, 5.41) is 3.22. The topological polar surface area (TPSA) is 77.4 Å². The SMILES string of the molecule is CC(=O)c1cccc(NC(=O)c2cn3c4c(ccc(Cl)c4c2=O)OCC3)c1. The number of nitrogens with one attached hydrogen (secondary N) is 1. The van der Waals surface area contributed by atoms with Gasteiger partial charge in [-0.25, -0.2) is 0 Å². The molecule has 0 aliphatic carbocycles. The number of hydrogen-bond acceptors (Lipinski definition) is 4. The van der Waals surface area contributed by atoms with Crippen LogP contribution in [0.15, 0.2) is 47.4 Å². The summed E-state index contributed by atoms with van der Waals surface area (Å²) in [4.78, 5) is 37.2. The number of ketones is 1. The Balaban J connectivity index is 1.80. The predicted molar refractivity (Wildman–Crippen MR) is 103 cm³/mol. The summed E-state index contributed by atoms with van der Waals surface area (Å²) in [7, 11) is 0. The van der Waals surface area contributed by atoms with Crippen LogP contribution in [0.2, 0.25) is 5.02 Å². The number of carbonyl (C=O) groups excluding carboxylic acids is 2. The van der Waals surface area contributed by atoms with Crippen LogP contribution in [0.3, 0.4) is 0 Å². The molecule has 0 unspecified atom stereocenters. The number of carbonyl (C=O) groups is 2. The lowest BCUT2D eigenvalue weighted by molar-refractivity contribution is 0.101. The number of nitrogens with zero attached hydrogens (tertiary/aromatic N) is 1. The number of rotatable bonds is 3. The maximum atomic E-state index is 12.9. The van der Waals surface area contributed by atoms with E-state index >= 15 is 0 Å². The molecular weight excluding hydrogens is 368 g/mol. The Kier molecular flexibility index (Phi) is 4.20. The first kappa shape index (κ1) is 17.3. The van der Waals surface area contributed by atoms with E-state index in [0.29, 0.717) is 35.7 Å². The molecule has 0 bridgehead atoms. The molecule has 0 spiro atoms. The van der Waals surface area contributed by atoms with Gasteiger partial charge in [-0.3, -0.25) is 14.4 Å². The van der Waals surface area contributed by atoms with Gasteiger partial charge in [-0.05, 0) is 31.2 Å². The lowest BCUT2D eigenvalue weighted by Crippen LogP contribution is -2.26. The van der Waals surface area contributed by atoms with Gasteiger partial charge < -0.3 is 14.6 Å². The standard InChI is InChI=1S/C20H15ClN2O4/c1-11(24)12-3-2-4-13(9-12)22-20(26)14-10-23-7-8-27-16-6-5-15(21)17(18(16)23)19(14)25/h2-6,9-10H,7-8H2,1H3,(H,22,26). The number of aromatic nitrogens is 1. The van der Waals surface area contributed by atoms with Gasteiger partial charge in [-0.2, -0.15) is 0 Å². The van der Waals surface area contributed by atoms with Crippen LogP contribution in [0, 0.1) is 0 Å². The summed E-state index contributed by atoms with van der Waals surface area (Å²) < 4.78 is 7.39. The molecule has 0 radical (unpaired) electrons. The normalized spacial score (nSPS) is 12.5. The quantitative estimate of drug-likeness (QED) is 0.703. The summed E-state index contributed by atoms with van der Waals surface area (Å²) in [5.41, 5.74) is 1.03. The minimum Gasteiger partial charge on any atom is -0.490 e. The largest absolute Gasteiger partial charge is 0.490 e. The zero-order valence-corrected chi connectivity index (χ0v) is 15.2. The van der Waals surface area contributed by atoms with Crippen molar-refractivity contribution in [1.29, 1.82) is 0 Å². The fourth-order valence-corrected chi connectivity index (χ4v) is 3.42. The van der Waals surface area contributed by atoms with Crippen molar-refractivity contribution in [2.24, 2.45) is 0 Å². The average molecular weight is 383 g/mol. The second-order valence-electron chi connectivity index (χ2n) is 6.27. The van der Waals surface area contributed by atoms with E-state index in [9.17, 15) is 14.4 Å². The summed E-state index contributed by atoms with van der Waals surface area (Å²) in [6.07, 6.45) is 1.52. The predicted octanol–water partition coefficient (Wildman–Crippen LogP) is 3.50. The van der Waals surface area contributed by atoms with Crippen LogP contribution in [0.4, 0.5) is 5.69 Å². The summed E-state index contributed by atoms with van der Waals surface area (Å²) in [6, 6.07) is 9.87. The zero-order chi connectivity index (χ0) is 19.1. The van der Waals surface area contributed by atoms with Gasteiger partial charge in [0.1, 0.15) is 17.9 Å². The first-order valence-corrected chi connectivity index (χ1v) is 8.74. The Labute approximate surface area is 159 Å². The van der Waals surface area contributed by atoms with E-state index in [1.807, 2.05) is 4.57 Å². The van der Waals surface area contributed by atoms with Gasteiger partial charge in [0.25, 0.3) is 5.91 Å². The molecule has 2 heterocycles. The highest BCUT2D eigenvalue weighted by Crippen LogP contribution is 2.32. The molecule has 1 aromatic heterocycles. The number of ether oxygens (including phenoxy) is 1. The van der Waals surface area contributed by atoms with E-state index in [2.05, 4.69) is 5.32 Å². The Morgan fingerprint density at radius 1 is 1.22 bits per heavy atom. The van der Waals surface area contributed by atoms with Gasteiger partial charge in [0, 0.05) is 17.4 Å². The van der Waals surface area contributed by atoms with E-state index in [1.54, 1.807) is 36.4 Å². The van der Waals surface area contributed by atoms with Crippen molar-refractivity contribution in [2.45, 2.75) is 13.5 Å². The monoisotopic (exact) mass is 382 g/mol. The number of amides is 1. The molecule has 1 aliphatic heterocycles. The molecule has 1 aliphatic rings. The maximum absolute atomic E-state index is 12.9. The van der Waals surface area contributed by atoms with E-state index in [-0.39, 0.29) is 21.8 Å². The van der Waals surface area contributed by atoms with Crippen molar-refractivity contribution in [2.75, 3.05) is 11.9 Å². The third kappa shape index (κ3) is 2.98. The average Bonchev–Trinajstić information content (AvgIpc) is 2.65. The molecule has 1 N–H and O–H groups in total. The molecule has 2 aromatic carbocycles. The van der Waals surface area contributed by atoms with Gasteiger partial charge in [0.15, 0.2) is 5.78 Å². The van der Waals surface area contributed by atoms with Crippen LogP contribution in [0.5, 0.6) is 5.75 Å². The van der Waals surface area contributed by atoms with Crippen molar-refractivity contribution >= 4 is 39.9 Å². The number of hydrogen-bond donors (Lipinski definition) is 1. The van der Waals surface area contributed by atoms with Gasteiger partial charge in [0.05, 0.1) is 22.5 Å². The minimum absolute atomic E-state index is 0.0170. The summed E-state index contributed by atoms with van der Waals surface area (Å²) in [6.45, 7) is 2.39. The van der Waals surface area contributed by atoms with Crippen LogP contribution in [0.25, 0.3) is 10.9 Å². The molecule has 0 saturated carbocycles. The van der Waals surface area contributed by atoms with Crippen LogP contribution in [-0.2, 0) is 6.54 Å². The van der Waals surface area contributed by atoms with E-state index < -0.39 is 11.3 Å². The Morgan fingerprint density at radius 3 is 2.81 bits per heavy atom. The molecule has 3 aromatic rings. The van der Waals surface area contributed by atoms with Gasteiger partial charge in [-0.1, -0.05) is 23.7 Å². The van der Waals surface area contributed by atoms with Crippen LogP contribution >= 0.6 is 11.6 Å². The lowest BCUT2D eigenvalue weighted by atomic mass is 10.1. The van der Waals surface area contributed by atoms with Gasteiger partial charge in [-0.15, -0.1) is 0 Å². The highest BCUT2D eigenvalue weighted by Gasteiger charge is 2.22. The van der Waals surface area contributed by atoms with E-state index in [4.69, 9.17) is 16.3 Å². The first-order valence-electron chi connectivity index (χ1n) is 8.36. The van der Waals surface area contributed by atoms with Crippen molar-refractivity contribution in [3.63, 3.8) is 0 Å². The molecular formula is C20H15ClN2O4. The zero-order valence-electron chi connectivity index (χ0n) is 14.4. The van der Waals surface area contributed by atoms with Crippen LogP contribution in [-0.4, -0.2) is 22.9 Å².